The second-order valence-corrected chi connectivity index (χ2v) is 3.91. The number of alkyl halides is 3. The van der Waals surface area contributed by atoms with Gasteiger partial charge in [0, 0.05) is 6.61 Å². The zero-order valence-corrected chi connectivity index (χ0v) is 9.14. The molecule has 1 amide bonds. The van der Waals surface area contributed by atoms with E-state index in [9.17, 15) is 18.0 Å². The van der Waals surface area contributed by atoms with Crippen molar-refractivity contribution in [2.24, 2.45) is 11.5 Å². The Bertz CT molecular complexity index is 229. The van der Waals surface area contributed by atoms with Crippen LogP contribution in [0.1, 0.15) is 26.2 Å². The Morgan fingerprint density at radius 2 is 1.88 bits per heavy atom. The number of hydrogen-bond acceptors (Lipinski definition) is 3. The molecule has 0 fully saturated rings. The van der Waals surface area contributed by atoms with Crippen LogP contribution in [-0.4, -0.2) is 30.8 Å². The van der Waals surface area contributed by atoms with E-state index in [4.69, 9.17) is 11.5 Å². The molecule has 0 aliphatic heterocycles. The highest BCUT2D eigenvalue weighted by Gasteiger charge is 2.27. The van der Waals surface area contributed by atoms with E-state index in [2.05, 4.69) is 4.74 Å². The Labute approximate surface area is 92.1 Å². The Hall–Kier alpha value is -0.820. The molecule has 7 heteroatoms. The predicted molar refractivity (Wildman–Crippen MR) is 52.5 cm³/mol. The minimum absolute atomic E-state index is 0.00560. The number of amides is 1. The van der Waals surface area contributed by atoms with Crippen molar-refractivity contribution in [3.63, 3.8) is 0 Å². The van der Waals surface area contributed by atoms with Crippen molar-refractivity contribution in [2.75, 3.05) is 13.2 Å². The van der Waals surface area contributed by atoms with E-state index < -0.39 is 24.2 Å². The summed E-state index contributed by atoms with van der Waals surface area (Å²) in [6.07, 6.45) is -3.06. The van der Waals surface area contributed by atoms with Crippen molar-refractivity contribution in [1.29, 1.82) is 0 Å². The number of carbonyl (C=O) groups is 1. The average molecular weight is 242 g/mol. The van der Waals surface area contributed by atoms with Gasteiger partial charge in [-0.1, -0.05) is 0 Å². The van der Waals surface area contributed by atoms with Gasteiger partial charge in [-0.25, -0.2) is 0 Å². The van der Waals surface area contributed by atoms with E-state index in [1.807, 2.05) is 0 Å². The second kappa shape index (κ2) is 6.05. The summed E-state index contributed by atoms with van der Waals surface area (Å²) in [5.41, 5.74) is 9.47. The van der Waals surface area contributed by atoms with Gasteiger partial charge in [-0.05, 0) is 26.2 Å². The van der Waals surface area contributed by atoms with Gasteiger partial charge >= 0.3 is 6.18 Å². The van der Waals surface area contributed by atoms with E-state index in [1.165, 1.54) is 6.92 Å². The summed E-state index contributed by atoms with van der Waals surface area (Å²) in [6, 6.07) is 0. The molecule has 0 bridgehead atoms. The van der Waals surface area contributed by atoms with Gasteiger partial charge in [-0.2, -0.15) is 13.2 Å². The van der Waals surface area contributed by atoms with Gasteiger partial charge in [0.25, 0.3) is 0 Å². The maximum Gasteiger partial charge on any atom is 0.411 e. The van der Waals surface area contributed by atoms with Crippen LogP contribution >= 0.6 is 0 Å². The van der Waals surface area contributed by atoms with Crippen molar-refractivity contribution in [2.45, 2.75) is 37.9 Å². The lowest BCUT2D eigenvalue weighted by Gasteiger charge is -2.19. The standard InChI is InChI=1S/C9H17F3N2O2/c1-8(14,7(13)15)4-2-3-5-16-6-9(10,11)12/h2-6,14H2,1H3,(H2,13,15). The van der Waals surface area contributed by atoms with Crippen LogP contribution in [0.4, 0.5) is 13.2 Å². The zero-order chi connectivity index (χ0) is 12.8. The molecular weight excluding hydrogens is 225 g/mol. The fourth-order valence-corrected chi connectivity index (χ4v) is 1.01. The Kier molecular flexibility index (Phi) is 5.74. The van der Waals surface area contributed by atoms with E-state index in [1.54, 1.807) is 0 Å². The number of halogens is 3. The summed E-state index contributed by atoms with van der Waals surface area (Å²) in [6.45, 7) is 0.239. The highest BCUT2D eigenvalue weighted by Crippen LogP contribution is 2.15. The molecule has 0 aromatic rings. The summed E-state index contributed by atoms with van der Waals surface area (Å²) in [5, 5.41) is 0. The molecule has 0 saturated carbocycles. The van der Waals surface area contributed by atoms with Crippen LogP contribution in [0.15, 0.2) is 0 Å². The molecule has 1 atom stereocenters. The molecule has 96 valence electrons. The quantitative estimate of drug-likeness (QED) is 0.652. The molecule has 16 heavy (non-hydrogen) atoms. The normalized spacial score (nSPS) is 15.8. The van der Waals surface area contributed by atoms with Gasteiger partial charge in [-0.3, -0.25) is 4.79 Å². The number of primary amides is 1. The number of hydrogen-bond donors (Lipinski definition) is 2. The third kappa shape index (κ3) is 7.47. The molecule has 0 rings (SSSR count). The van der Waals surface area contributed by atoms with Gasteiger partial charge in [0.15, 0.2) is 0 Å². The highest BCUT2D eigenvalue weighted by atomic mass is 19.4. The third-order valence-corrected chi connectivity index (χ3v) is 2.06. The summed E-state index contributed by atoms with van der Waals surface area (Å²) < 4.78 is 39.4. The van der Waals surface area contributed by atoms with Crippen LogP contribution in [0, 0.1) is 0 Å². The number of rotatable bonds is 7. The summed E-state index contributed by atoms with van der Waals surface area (Å²) in [4.78, 5) is 10.8. The maximum atomic E-state index is 11.7. The van der Waals surface area contributed by atoms with Crippen LogP contribution < -0.4 is 11.5 Å². The number of unbranched alkanes of at least 4 members (excludes halogenated alkanes) is 1. The fraction of sp³-hybridized carbons (Fsp3) is 0.889. The van der Waals surface area contributed by atoms with Crippen molar-refractivity contribution in [1.82, 2.24) is 0 Å². The molecular formula is C9H17F3N2O2. The largest absolute Gasteiger partial charge is 0.411 e. The van der Waals surface area contributed by atoms with Crippen LogP contribution in [0.2, 0.25) is 0 Å². The Balaban J connectivity index is 3.52. The van der Waals surface area contributed by atoms with Crippen LogP contribution in [0.3, 0.4) is 0 Å². The number of carbonyl (C=O) groups excluding carboxylic acids is 1. The van der Waals surface area contributed by atoms with Crippen molar-refractivity contribution in [3.05, 3.63) is 0 Å². The molecule has 0 radical (unpaired) electrons. The summed E-state index contributed by atoms with van der Waals surface area (Å²) in [7, 11) is 0. The summed E-state index contributed by atoms with van der Waals surface area (Å²) in [5.74, 6) is -0.622. The number of ether oxygens (including phenoxy) is 1. The molecule has 1 unspecified atom stereocenters. The molecule has 0 aliphatic carbocycles. The smallest absolute Gasteiger partial charge is 0.372 e. The van der Waals surface area contributed by atoms with Crippen molar-refractivity contribution < 1.29 is 22.7 Å². The SMILES string of the molecule is CC(N)(CCCCOCC(F)(F)F)C(N)=O. The molecule has 0 aliphatic rings. The molecule has 0 aromatic heterocycles. The molecule has 0 saturated heterocycles. The topological polar surface area (TPSA) is 78.3 Å². The maximum absolute atomic E-state index is 11.7. The van der Waals surface area contributed by atoms with Gasteiger partial charge < -0.3 is 16.2 Å². The first kappa shape index (κ1) is 15.2. The average Bonchev–Trinajstić information content (AvgIpc) is 2.09. The van der Waals surface area contributed by atoms with Gasteiger partial charge in [-0.15, -0.1) is 0 Å². The molecule has 4 nitrogen and oxygen atoms in total. The van der Waals surface area contributed by atoms with Crippen molar-refractivity contribution in [3.8, 4) is 0 Å². The van der Waals surface area contributed by atoms with E-state index in [0.29, 0.717) is 19.3 Å². The minimum atomic E-state index is -4.30. The van der Waals surface area contributed by atoms with Crippen LogP contribution in [0.25, 0.3) is 0 Å². The van der Waals surface area contributed by atoms with Crippen molar-refractivity contribution >= 4 is 5.91 Å². The second-order valence-electron chi connectivity index (χ2n) is 3.91. The monoisotopic (exact) mass is 242 g/mol. The van der Waals surface area contributed by atoms with E-state index in [0.717, 1.165) is 0 Å². The van der Waals surface area contributed by atoms with Gasteiger partial charge in [0.05, 0.1) is 5.54 Å². The third-order valence-electron chi connectivity index (χ3n) is 2.06. The molecule has 0 aromatic carbocycles. The lowest BCUT2D eigenvalue weighted by Crippen LogP contribution is -2.49. The first-order chi connectivity index (χ1) is 7.15. The molecule has 4 N–H and O–H groups in total. The molecule has 0 spiro atoms. The summed E-state index contributed by atoms with van der Waals surface area (Å²) >= 11 is 0. The molecule has 0 heterocycles. The van der Waals surface area contributed by atoms with Crippen LogP contribution in [0.5, 0.6) is 0 Å². The Morgan fingerprint density at radius 3 is 2.31 bits per heavy atom. The number of nitrogens with two attached hydrogens (primary N) is 2. The predicted octanol–water partition coefficient (Wildman–Crippen LogP) is 0.938. The van der Waals surface area contributed by atoms with Gasteiger partial charge in [0.2, 0.25) is 5.91 Å². The lowest BCUT2D eigenvalue weighted by atomic mass is 9.96. The first-order valence-corrected chi connectivity index (χ1v) is 4.88. The van der Waals surface area contributed by atoms with E-state index in [-0.39, 0.29) is 6.61 Å². The van der Waals surface area contributed by atoms with E-state index >= 15 is 0 Å². The lowest BCUT2D eigenvalue weighted by molar-refractivity contribution is -0.174. The minimum Gasteiger partial charge on any atom is -0.372 e. The highest BCUT2D eigenvalue weighted by molar-refractivity contribution is 5.83. The van der Waals surface area contributed by atoms with Crippen LogP contribution in [-0.2, 0) is 9.53 Å². The zero-order valence-electron chi connectivity index (χ0n) is 9.14. The Morgan fingerprint density at radius 1 is 1.31 bits per heavy atom. The van der Waals surface area contributed by atoms with Gasteiger partial charge in [0.1, 0.15) is 6.61 Å². The first-order valence-electron chi connectivity index (χ1n) is 4.88. The fourth-order valence-electron chi connectivity index (χ4n) is 1.01.